The number of benzene rings is 1. The number of nitrogens with zero attached hydrogens (tertiary/aromatic N) is 4. The third kappa shape index (κ3) is 8.36. The van der Waals surface area contributed by atoms with Gasteiger partial charge in [-0.1, -0.05) is 13.0 Å². The number of hydrogen-bond acceptors (Lipinski definition) is 8. The Morgan fingerprint density at radius 3 is 2.61 bits per heavy atom. The summed E-state index contributed by atoms with van der Waals surface area (Å²) < 4.78 is 48.2. The number of ether oxygens (including phenoxy) is 1. The highest BCUT2D eigenvalue weighted by atomic mass is 35.5. The van der Waals surface area contributed by atoms with Gasteiger partial charge in [-0.25, -0.2) is 32.6 Å². The van der Waals surface area contributed by atoms with Crippen molar-refractivity contribution in [2.75, 3.05) is 23.6 Å². The summed E-state index contributed by atoms with van der Waals surface area (Å²) in [6, 6.07) is 6.25. The number of aryl methyl sites for hydroxylation is 1. The van der Waals surface area contributed by atoms with Crippen molar-refractivity contribution in [3.63, 3.8) is 0 Å². The summed E-state index contributed by atoms with van der Waals surface area (Å²) in [7, 11) is -3.69. The zero-order valence-corrected chi connectivity index (χ0v) is 26.0. The maximum Gasteiger partial charge on any atom is 0.410 e. The van der Waals surface area contributed by atoms with Crippen molar-refractivity contribution in [3.8, 4) is 21.8 Å². The second kappa shape index (κ2) is 13.0. The number of carbonyl (C=O) groups excluding carboxylic acids is 1. The van der Waals surface area contributed by atoms with E-state index >= 15 is 4.39 Å². The van der Waals surface area contributed by atoms with Crippen LogP contribution in [0.5, 0.6) is 0 Å². The second-order valence-electron chi connectivity index (χ2n) is 11.0. The molecule has 1 N–H and O–H groups in total. The zero-order chi connectivity index (χ0) is 29.8. The van der Waals surface area contributed by atoms with Crippen LogP contribution in [0.3, 0.4) is 0 Å². The van der Waals surface area contributed by atoms with Gasteiger partial charge in [0, 0.05) is 24.8 Å². The van der Waals surface area contributed by atoms with Crippen LogP contribution < -0.4 is 4.72 Å². The topological polar surface area (TPSA) is 114 Å². The molecule has 0 spiro atoms. The summed E-state index contributed by atoms with van der Waals surface area (Å²) >= 11 is 7.47. The second-order valence-corrected chi connectivity index (χ2v) is 14.3. The van der Waals surface area contributed by atoms with E-state index < -0.39 is 21.4 Å². The Morgan fingerprint density at radius 2 is 1.95 bits per heavy atom. The van der Waals surface area contributed by atoms with Crippen LogP contribution in [0.4, 0.5) is 14.9 Å². The van der Waals surface area contributed by atoms with Crippen molar-refractivity contribution < 1.29 is 22.3 Å². The van der Waals surface area contributed by atoms with E-state index in [9.17, 15) is 13.2 Å². The lowest BCUT2D eigenvalue weighted by molar-refractivity contribution is 0.0181. The van der Waals surface area contributed by atoms with Crippen LogP contribution in [0.1, 0.15) is 58.4 Å². The van der Waals surface area contributed by atoms with Gasteiger partial charge in [-0.05, 0) is 88.6 Å². The first kappa shape index (κ1) is 31.1. The van der Waals surface area contributed by atoms with Gasteiger partial charge in [-0.3, -0.25) is 4.72 Å². The molecule has 1 saturated heterocycles. The Kier molecular flexibility index (Phi) is 9.86. The fourth-order valence-corrected chi connectivity index (χ4v) is 6.97. The van der Waals surface area contributed by atoms with Gasteiger partial charge in [-0.15, -0.1) is 11.3 Å². The maximum atomic E-state index is 15.7. The minimum Gasteiger partial charge on any atom is -0.444 e. The quantitative estimate of drug-likeness (QED) is 0.261. The number of nitrogens with one attached hydrogen (secondary N) is 1. The highest BCUT2D eigenvalue weighted by Crippen LogP contribution is 2.39. The van der Waals surface area contributed by atoms with E-state index in [4.69, 9.17) is 21.3 Å². The number of sulfonamides is 1. The molecule has 0 radical (unpaired) electrons. The first-order valence-corrected chi connectivity index (χ1v) is 16.5. The molecule has 4 rings (SSSR count). The van der Waals surface area contributed by atoms with E-state index in [2.05, 4.69) is 14.7 Å². The van der Waals surface area contributed by atoms with E-state index in [1.54, 1.807) is 30.0 Å². The summed E-state index contributed by atoms with van der Waals surface area (Å²) in [6.07, 6.45) is 4.90. The summed E-state index contributed by atoms with van der Waals surface area (Å²) in [4.78, 5) is 27.9. The predicted octanol–water partition coefficient (Wildman–Crippen LogP) is 6.79. The number of hydrogen-bond donors (Lipinski definition) is 1. The molecule has 2 aromatic heterocycles. The van der Waals surface area contributed by atoms with Crippen molar-refractivity contribution in [1.29, 1.82) is 0 Å². The number of aromatic nitrogens is 3. The van der Waals surface area contributed by atoms with Crippen LogP contribution in [0, 0.1) is 11.7 Å². The molecule has 0 atom stereocenters. The van der Waals surface area contributed by atoms with Gasteiger partial charge in [0.1, 0.15) is 5.60 Å². The smallest absolute Gasteiger partial charge is 0.410 e. The average molecular weight is 624 g/mol. The first-order valence-electron chi connectivity index (χ1n) is 13.6. The Balaban J connectivity index is 1.55. The number of thiazole rings is 1. The van der Waals surface area contributed by atoms with Crippen LogP contribution in [0.25, 0.3) is 21.8 Å². The van der Waals surface area contributed by atoms with E-state index in [0.29, 0.717) is 48.1 Å². The molecule has 41 heavy (non-hydrogen) atoms. The Hall–Kier alpha value is -2.83. The van der Waals surface area contributed by atoms with Crippen molar-refractivity contribution in [2.45, 2.75) is 65.4 Å². The van der Waals surface area contributed by atoms with Gasteiger partial charge in [-0.2, -0.15) is 0 Å². The monoisotopic (exact) mass is 623 g/mol. The predicted molar refractivity (Wildman–Crippen MR) is 160 cm³/mol. The van der Waals surface area contributed by atoms with E-state index in [0.717, 1.165) is 24.3 Å². The lowest BCUT2D eigenvalue weighted by Crippen LogP contribution is -2.41. The lowest BCUT2D eigenvalue weighted by Gasteiger charge is -2.33. The molecule has 1 aliphatic rings. The molecule has 9 nitrogen and oxygen atoms in total. The SMILES string of the molecule is CCCS(=O)(=O)Nc1cccc(-c2nc(CCC3CCN(C(=O)OC(C)(C)C)CC3)sc2-c2ccnc(Cl)n2)c1F. The molecule has 0 aliphatic carbocycles. The summed E-state index contributed by atoms with van der Waals surface area (Å²) in [5.41, 5.74) is 0.383. The van der Waals surface area contributed by atoms with E-state index in [1.165, 1.54) is 23.6 Å². The molecular weight excluding hydrogens is 589 g/mol. The molecule has 3 heterocycles. The van der Waals surface area contributed by atoms with Gasteiger partial charge in [0.2, 0.25) is 15.3 Å². The fourth-order valence-electron chi connectivity index (χ4n) is 4.63. The van der Waals surface area contributed by atoms with Gasteiger partial charge in [0.05, 0.1) is 32.7 Å². The van der Waals surface area contributed by atoms with E-state index in [-0.39, 0.29) is 28.4 Å². The number of likely N-dealkylation sites (tertiary alicyclic amines) is 1. The highest BCUT2D eigenvalue weighted by Gasteiger charge is 2.28. The summed E-state index contributed by atoms with van der Waals surface area (Å²) in [6.45, 7) is 8.59. The number of amides is 1. The fraction of sp³-hybridized carbons (Fsp3) is 0.500. The van der Waals surface area contributed by atoms with Crippen molar-refractivity contribution in [1.82, 2.24) is 19.9 Å². The standard InChI is InChI=1S/C28H35ClFN5O4S2/c1-5-17-41(37,38)34-20-8-6-7-19(23(20)30)24-25(21-11-14-31-26(29)32-21)40-22(33-24)10-9-18-12-15-35(16-13-18)27(36)39-28(2,3)4/h6-8,11,14,18,34H,5,9-10,12-13,15-17H2,1-4H3. The molecule has 0 bridgehead atoms. The molecule has 1 aliphatic heterocycles. The Morgan fingerprint density at radius 1 is 1.22 bits per heavy atom. The third-order valence-electron chi connectivity index (χ3n) is 6.56. The minimum atomic E-state index is -3.69. The third-order valence-corrected chi connectivity index (χ3v) is 9.35. The van der Waals surface area contributed by atoms with Crippen LogP contribution >= 0.6 is 22.9 Å². The lowest BCUT2D eigenvalue weighted by atomic mass is 9.92. The Bertz CT molecular complexity index is 1480. The largest absolute Gasteiger partial charge is 0.444 e. The van der Waals surface area contributed by atoms with Crippen molar-refractivity contribution in [3.05, 3.63) is 46.6 Å². The molecule has 3 aromatic rings. The number of anilines is 1. The Labute approximate surface area is 249 Å². The number of rotatable bonds is 9. The molecule has 1 fully saturated rings. The van der Waals surface area contributed by atoms with Crippen LogP contribution in [0.2, 0.25) is 5.28 Å². The van der Waals surface area contributed by atoms with Crippen LogP contribution in [-0.2, 0) is 21.2 Å². The molecule has 1 aromatic carbocycles. The van der Waals surface area contributed by atoms with Crippen molar-refractivity contribution in [2.24, 2.45) is 5.92 Å². The average Bonchev–Trinajstić information content (AvgIpc) is 3.32. The number of carbonyl (C=O) groups is 1. The zero-order valence-electron chi connectivity index (χ0n) is 23.6. The normalized spacial score (nSPS) is 14.7. The molecule has 222 valence electrons. The number of piperidine rings is 1. The molecule has 0 unspecified atom stereocenters. The van der Waals surface area contributed by atoms with Gasteiger partial charge < -0.3 is 9.64 Å². The van der Waals surface area contributed by atoms with Gasteiger partial charge >= 0.3 is 6.09 Å². The molecule has 0 saturated carbocycles. The number of halogens is 2. The molecular formula is C28H35ClFN5O4S2. The van der Waals surface area contributed by atoms with Crippen LogP contribution in [0.15, 0.2) is 30.5 Å². The summed E-state index contributed by atoms with van der Waals surface area (Å²) in [5, 5.41) is 0.859. The van der Waals surface area contributed by atoms with Gasteiger partial charge in [0.25, 0.3) is 0 Å². The highest BCUT2D eigenvalue weighted by molar-refractivity contribution is 7.92. The molecule has 13 heteroatoms. The summed E-state index contributed by atoms with van der Waals surface area (Å²) in [5.74, 6) is -0.412. The minimum absolute atomic E-state index is 0.0571. The molecule has 1 amide bonds. The van der Waals surface area contributed by atoms with Crippen LogP contribution in [-0.4, -0.2) is 58.8 Å². The van der Waals surface area contributed by atoms with Gasteiger partial charge in [0.15, 0.2) is 5.82 Å². The maximum absolute atomic E-state index is 15.7. The first-order chi connectivity index (χ1) is 19.3. The van der Waals surface area contributed by atoms with Crippen molar-refractivity contribution >= 4 is 44.7 Å². The van der Waals surface area contributed by atoms with E-state index in [1.807, 2.05) is 20.8 Å².